The molecule has 112 valence electrons. The Kier molecular flexibility index (Phi) is 4.26. The van der Waals surface area contributed by atoms with E-state index in [1.807, 2.05) is 0 Å². The highest BCUT2D eigenvalue weighted by Crippen LogP contribution is 2.25. The average molecular weight is 309 g/mol. The topological polar surface area (TPSA) is 84.6 Å². The summed E-state index contributed by atoms with van der Waals surface area (Å²) in [5.41, 5.74) is 0. The number of halogens is 1. The molecule has 1 saturated carbocycles. The summed E-state index contributed by atoms with van der Waals surface area (Å²) >= 11 is 5.92. The van der Waals surface area contributed by atoms with Gasteiger partial charge < -0.3 is 5.32 Å². The molecule has 0 spiro atoms. The predicted octanol–water partition coefficient (Wildman–Crippen LogP) is 1.00. The molecule has 0 unspecified atom stereocenters. The molecule has 1 aliphatic rings. The lowest BCUT2D eigenvalue weighted by Gasteiger charge is -2.19. The van der Waals surface area contributed by atoms with Crippen molar-refractivity contribution >= 4 is 17.5 Å². The zero-order valence-corrected chi connectivity index (χ0v) is 12.5. The van der Waals surface area contributed by atoms with E-state index in [2.05, 4.69) is 42.2 Å². The third kappa shape index (κ3) is 3.64. The quantitative estimate of drug-likeness (QED) is 0.816. The van der Waals surface area contributed by atoms with Gasteiger partial charge in [-0.1, -0.05) is 6.92 Å². The first-order valence-electron chi connectivity index (χ1n) is 7.00. The second-order valence-electron chi connectivity index (χ2n) is 4.85. The maximum Gasteiger partial charge on any atom is 0.258 e. The van der Waals surface area contributed by atoms with Crippen LogP contribution in [0.5, 0.6) is 0 Å². The molecule has 0 saturated heterocycles. The van der Waals surface area contributed by atoms with Crippen LogP contribution in [0.25, 0.3) is 5.95 Å². The molecule has 2 aromatic heterocycles. The molecule has 2 heterocycles. The fraction of sp³-hybridized carbons (Fsp3) is 0.583. The molecule has 1 fully saturated rings. The smallest absolute Gasteiger partial charge is 0.258 e. The first-order chi connectivity index (χ1) is 10.3. The van der Waals surface area contributed by atoms with Gasteiger partial charge in [-0.05, 0) is 31.0 Å². The Hall–Kier alpha value is -1.80. The second-order valence-corrected chi connectivity index (χ2v) is 5.19. The third-order valence-corrected chi connectivity index (χ3v) is 3.54. The lowest BCUT2D eigenvalue weighted by Crippen LogP contribution is -2.31. The monoisotopic (exact) mass is 308 g/mol. The molecule has 0 radical (unpaired) electrons. The molecule has 0 bridgehead atoms. The second kappa shape index (κ2) is 6.31. The zero-order valence-electron chi connectivity index (χ0n) is 11.8. The summed E-state index contributed by atoms with van der Waals surface area (Å²) in [4.78, 5) is 18.7. The molecule has 3 rings (SSSR count). The molecular formula is C12H17ClN8. The van der Waals surface area contributed by atoms with Gasteiger partial charge in [-0.2, -0.15) is 24.7 Å². The van der Waals surface area contributed by atoms with Crippen molar-refractivity contribution in [1.82, 2.24) is 34.6 Å². The molecule has 1 N–H and O–H groups in total. The highest BCUT2D eigenvalue weighted by Gasteiger charge is 2.27. The lowest BCUT2D eigenvalue weighted by atomic mass is 10.4. The van der Waals surface area contributed by atoms with E-state index in [1.165, 1.54) is 30.2 Å². The summed E-state index contributed by atoms with van der Waals surface area (Å²) in [7, 11) is 0. The highest BCUT2D eigenvalue weighted by molar-refractivity contribution is 6.28. The normalized spacial score (nSPS) is 14.6. The van der Waals surface area contributed by atoms with Gasteiger partial charge in [-0.3, -0.25) is 4.90 Å². The van der Waals surface area contributed by atoms with Crippen LogP contribution in [0.1, 0.15) is 19.8 Å². The van der Waals surface area contributed by atoms with E-state index in [9.17, 15) is 0 Å². The molecule has 9 heteroatoms. The van der Waals surface area contributed by atoms with E-state index < -0.39 is 0 Å². The number of aromatic nitrogens is 6. The minimum Gasteiger partial charge on any atom is -0.353 e. The summed E-state index contributed by atoms with van der Waals surface area (Å²) in [6, 6.07) is 0.754. The molecule has 2 aromatic rings. The molecular weight excluding hydrogens is 292 g/mol. The molecule has 0 atom stereocenters. The van der Waals surface area contributed by atoms with E-state index >= 15 is 0 Å². The van der Waals surface area contributed by atoms with Crippen LogP contribution in [0.15, 0.2) is 12.7 Å². The van der Waals surface area contributed by atoms with E-state index in [4.69, 9.17) is 11.6 Å². The molecule has 0 amide bonds. The lowest BCUT2D eigenvalue weighted by molar-refractivity contribution is 0.289. The SMILES string of the molecule is CCN(CCNc1nc(Cl)nc(-n2cncn2)n1)C1CC1. The van der Waals surface area contributed by atoms with Gasteiger partial charge in [0, 0.05) is 19.1 Å². The fourth-order valence-corrected chi connectivity index (χ4v) is 2.34. The number of nitrogens with one attached hydrogen (secondary N) is 1. The molecule has 0 aliphatic heterocycles. The van der Waals surface area contributed by atoms with Crippen LogP contribution < -0.4 is 5.32 Å². The van der Waals surface area contributed by atoms with Gasteiger partial charge in [-0.25, -0.2) is 4.98 Å². The molecule has 8 nitrogen and oxygen atoms in total. The number of rotatable bonds is 7. The van der Waals surface area contributed by atoms with Crippen molar-refractivity contribution in [3.8, 4) is 5.95 Å². The van der Waals surface area contributed by atoms with Gasteiger partial charge in [0.25, 0.3) is 5.95 Å². The largest absolute Gasteiger partial charge is 0.353 e. The average Bonchev–Trinajstić information content (AvgIpc) is 3.16. The summed E-state index contributed by atoms with van der Waals surface area (Å²) in [6.45, 7) is 4.97. The number of hydrogen-bond donors (Lipinski definition) is 1. The molecule has 1 aliphatic carbocycles. The zero-order chi connectivity index (χ0) is 14.7. The molecule has 21 heavy (non-hydrogen) atoms. The van der Waals surface area contributed by atoms with Crippen molar-refractivity contribution < 1.29 is 0 Å². The first-order valence-corrected chi connectivity index (χ1v) is 7.38. The van der Waals surface area contributed by atoms with Crippen molar-refractivity contribution in [2.24, 2.45) is 0 Å². The van der Waals surface area contributed by atoms with Crippen LogP contribution in [0.3, 0.4) is 0 Å². The van der Waals surface area contributed by atoms with Crippen molar-refractivity contribution in [2.45, 2.75) is 25.8 Å². The number of anilines is 1. The van der Waals surface area contributed by atoms with E-state index in [1.54, 1.807) is 0 Å². The highest BCUT2D eigenvalue weighted by atomic mass is 35.5. The van der Waals surface area contributed by atoms with Crippen LogP contribution >= 0.6 is 11.6 Å². The summed E-state index contributed by atoms with van der Waals surface area (Å²) in [5, 5.41) is 7.30. The minimum atomic E-state index is 0.132. The van der Waals surface area contributed by atoms with Crippen LogP contribution in [0.4, 0.5) is 5.95 Å². The summed E-state index contributed by atoms with van der Waals surface area (Å²) < 4.78 is 1.45. The molecule has 0 aromatic carbocycles. The Balaban J connectivity index is 1.62. The van der Waals surface area contributed by atoms with Crippen LogP contribution in [-0.4, -0.2) is 60.3 Å². The Labute approximate surface area is 127 Å². The van der Waals surface area contributed by atoms with Crippen LogP contribution in [0.2, 0.25) is 5.28 Å². The van der Waals surface area contributed by atoms with Gasteiger partial charge >= 0.3 is 0 Å². The maximum atomic E-state index is 5.92. The Bertz CT molecular complexity index is 583. The Morgan fingerprint density at radius 1 is 1.38 bits per heavy atom. The maximum absolute atomic E-state index is 5.92. The van der Waals surface area contributed by atoms with Gasteiger partial charge in [0.2, 0.25) is 11.2 Å². The van der Waals surface area contributed by atoms with Crippen molar-refractivity contribution in [1.29, 1.82) is 0 Å². The third-order valence-electron chi connectivity index (χ3n) is 3.37. The Morgan fingerprint density at radius 2 is 2.24 bits per heavy atom. The Morgan fingerprint density at radius 3 is 2.90 bits per heavy atom. The van der Waals surface area contributed by atoms with E-state index in [0.717, 1.165) is 25.7 Å². The first kappa shape index (κ1) is 14.2. The number of likely N-dealkylation sites (N-methyl/N-ethyl adjacent to an activating group) is 1. The van der Waals surface area contributed by atoms with Crippen LogP contribution in [0, 0.1) is 0 Å². The number of nitrogens with zero attached hydrogens (tertiary/aromatic N) is 7. The van der Waals surface area contributed by atoms with Crippen LogP contribution in [-0.2, 0) is 0 Å². The summed E-state index contributed by atoms with van der Waals surface area (Å²) in [5.74, 6) is 0.803. The fourth-order valence-electron chi connectivity index (χ4n) is 2.18. The van der Waals surface area contributed by atoms with Gasteiger partial charge in [-0.15, -0.1) is 0 Å². The van der Waals surface area contributed by atoms with Crippen molar-refractivity contribution in [2.75, 3.05) is 25.0 Å². The van der Waals surface area contributed by atoms with Crippen molar-refractivity contribution in [3.05, 3.63) is 17.9 Å². The van der Waals surface area contributed by atoms with Gasteiger partial charge in [0.05, 0.1) is 0 Å². The van der Waals surface area contributed by atoms with Gasteiger partial charge in [0.1, 0.15) is 12.7 Å². The predicted molar refractivity (Wildman–Crippen MR) is 78.5 cm³/mol. The standard InChI is InChI=1S/C12H17ClN8/c1-2-20(9-3-4-9)6-5-15-11-17-10(13)18-12(19-11)21-8-14-7-16-21/h7-9H,2-6H2,1H3,(H,15,17,18,19). The van der Waals surface area contributed by atoms with Gasteiger partial charge in [0.15, 0.2) is 0 Å². The number of hydrogen-bond acceptors (Lipinski definition) is 7. The summed E-state index contributed by atoms with van der Waals surface area (Å²) in [6.07, 6.45) is 5.55. The minimum absolute atomic E-state index is 0.132. The van der Waals surface area contributed by atoms with E-state index in [0.29, 0.717) is 11.9 Å². The van der Waals surface area contributed by atoms with Crippen molar-refractivity contribution in [3.63, 3.8) is 0 Å². The van der Waals surface area contributed by atoms with E-state index in [-0.39, 0.29) is 5.28 Å².